The van der Waals surface area contributed by atoms with Gasteiger partial charge in [0.2, 0.25) is 0 Å². The van der Waals surface area contributed by atoms with Crippen molar-refractivity contribution >= 4 is 38.8 Å². The summed E-state index contributed by atoms with van der Waals surface area (Å²) < 4.78 is 7.83. The fourth-order valence-electron chi connectivity index (χ4n) is 2.08. The van der Waals surface area contributed by atoms with Gasteiger partial charge in [0.15, 0.2) is 5.65 Å². The topological polar surface area (TPSA) is 39.4 Å². The first-order chi connectivity index (χ1) is 9.70. The summed E-state index contributed by atoms with van der Waals surface area (Å²) in [6.45, 7) is 0. The fourth-order valence-corrected chi connectivity index (χ4v) is 2.66. The Bertz CT molecular complexity index is 761. The molecule has 0 bridgehead atoms. The van der Waals surface area contributed by atoms with Gasteiger partial charge in [-0.15, -0.1) is 0 Å². The molecule has 0 atom stereocenters. The first-order valence-corrected chi connectivity index (χ1v) is 7.18. The van der Waals surface area contributed by atoms with Gasteiger partial charge in [-0.25, -0.2) is 9.50 Å². The van der Waals surface area contributed by atoms with Gasteiger partial charge in [-0.05, 0) is 28.4 Å². The van der Waals surface area contributed by atoms with Crippen molar-refractivity contribution < 1.29 is 4.74 Å². The number of fused-ring (bicyclic) bond motifs is 1. The zero-order valence-corrected chi connectivity index (χ0v) is 13.0. The van der Waals surface area contributed by atoms with E-state index in [0.29, 0.717) is 10.8 Å². The molecule has 0 spiro atoms. The van der Waals surface area contributed by atoms with Crippen LogP contribution in [0.2, 0.25) is 5.15 Å². The number of halogens is 2. The molecule has 3 rings (SSSR count). The van der Waals surface area contributed by atoms with Gasteiger partial charge in [-0.2, -0.15) is 5.10 Å². The Hall–Kier alpha value is -1.59. The molecule has 102 valence electrons. The molecule has 0 amide bonds. The van der Waals surface area contributed by atoms with Crippen LogP contribution in [0.4, 0.5) is 0 Å². The van der Waals surface area contributed by atoms with Crippen LogP contribution in [0.3, 0.4) is 0 Å². The number of rotatable bonds is 2. The van der Waals surface area contributed by atoms with Crippen LogP contribution in [0.15, 0.2) is 46.8 Å². The standard InChI is InChI=1S/C14H11BrClN3O/c1-20-12-6-4-2-3-5-9(12)11-7-13(16)19-14(18-11)10(15)8-17-19/h2-4,6-8H,5H2,1H3. The first-order valence-electron chi connectivity index (χ1n) is 6.01. The van der Waals surface area contributed by atoms with Crippen molar-refractivity contribution in [3.8, 4) is 0 Å². The van der Waals surface area contributed by atoms with E-state index in [2.05, 4.69) is 32.1 Å². The van der Waals surface area contributed by atoms with E-state index in [0.717, 1.165) is 27.9 Å². The molecule has 0 radical (unpaired) electrons. The Morgan fingerprint density at radius 1 is 1.40 bits per heavy atom. The Balaban J connectivity index is 2.23. The summed E-state index contributed by atoms with van der Waals surface area (Å²) in [6, 6.07) is 1.80. The maximum atomic E-state index is 6.27. The molecule has 2 heterocycles. The molecule has 0 fully saturated rings. The largest absolute Gasteiger partial charge is 0.496 e. The number of allylic oxidation sites excluding steroid dienone is 5. The Labute approximate surface area is 129 Å². The predicted molar refractivity (Wildman–Crippen MR) is 82.5 cm³/mol. The normalized spacial score (nSPS) is 14.9. The van der Waals surface area contributed by atoms with Crippen LogP contribution in [-0.2, 0) is 4.74 Å². The third-order valence-corrected chi connectivity index (χ3v) is 3.86. The second kappa shape index (κ2) is 5.42. The smallest absolute Gasteiger partial charge is 0.171 e. The summed E-state index contributed by atoms with van der Waals surface area (Å²) in [4.78, 5) is 4.62. The molecule has 6 heteroatoms. The Morgan fingerprint density at radius 2 is 2.25 bits per heavy atom. The van der Waals surface area contributed by atoms with Crippen LogP contribution in [-0.4, -0.2) is 21.7 Å². The summed E-state index contributed by atoms with van der Waals surface area (Å²) in [5, 5.41) is 4.67. The van der Waals surface area contributed by atoms with Crippen molar-refractivity contribution in [2.45, 2.75) is 6.42 Å². The minimum atomic E-state index is 0.510. The molecule has 1 aliphatic rings. The van der Waals surface area contributed by atoms with E-state index < -0.39 is 0 Å². The Morgan fingerprint density at radius 3 is 3.05 bits per heavy atom. The van der Waals surface area contributed by atoms with Gasteiger partial charge in [0.25, 0.3) is 0 Å². The van der Waals surface area contributed by atoms with Gasteiger partial charge in [0, 0.05) is 11.6 Å². The number of methoxy groups -OCH3 is 1. The lowest BCUT2D eigenvalue weighted by Gasteiger charge is -2.10. The van der Waals surface area contributed by atoms with E-state index in [4.69, 9.17) is 16.3 Å². The average Bonchev–Trinajstić information content (AvgIpc) is 2.69. The van der Waals surface area contributed by atoms with Gasteiger partial charge in [0.1, 0.15) is 10.9 Å². The van der Waals surface area contributed by atoms with E-state index in [1.54, 1.807) is 23.9 Å². The molecule has 2 aromatic rings. The van der Waals surface area contributed by atoms with Crippen molar-refractivity contribution in [2.24, 2.45) is 0 Å². The second-order valence-electron chi connectivity index (χ2n) is 4.23. The van der Waals surface area contributed by atoms with E-state index in [1.807, 2.05) is 18.2 Å². The third kappa shape index (κ3) is 2.27. The highest BCUT2D eigenvalue weighted by Crippen LogP contribution is 2.28. The highest BCUT2D eigenvalue weighted by Gasteiger charge is 2.14. The second-order valence-corrected chi connectivity index (χ2v) is 5.47. The number of ether oxygens (including phenoxy) is 1. The molecule has 0 aliphatic heterocycles. The highest BCUT2D eigenvalue weighted by molar-refractivity contribution is 9.10. The fraction of sp³-hybridized carbons (Fsp3) is 0.143. The maximum Gasteiger partial charge on any atom is 0.171 e. The zero-order chi connectivity index (χ0) is 14.1. The first kappa shape index (κ1) is 13.4. The lowest BCUT2D eigenvalue weighted by atomic mass is 10.1. The van der Waals surface area contributed by atoms with Crippen molar-refractivity contribution in [3.63, 3.8) is 0 Å². The van der Waals surface area contributed by atoms with E-state index >= 15 is 0 Å². The molecule has 0 saturated heterocycles. The zero-order valence-electron chi connectivity index (χ0n) is 10.7. The molecule has 0 aromatic carbocycles. The van der Waals surface area contributed by atoms with Gasteiger partial charge in [-0.1, -0.05) is 29.8 Å². The summed E-state index contributed by atoms with van der Waals surface area (Å²) >= 11 is 9.69. The van der Waals surface area contributed by atoms with Crippen molar-refractivity contribution in [1.29, 1.82) is 0 Å². The van der Waals surface area contributed by atoms with Gasteiger partial charge in [-0.3, -0.25) is 0 Å². The lowest BCUT2D eigenvalue weighted by molar-refractivity contribution is 0.308. The quantitative estimate of drug-likeness (QED) is 0.766. The molecule has 0 unspecified atom stereocenters. The van der Waals surface area contributed by atoms with E-state index in [-0.39, 0.29) is 0 Å². The monoisotopic (exact) mass is 351 g/mol. The summed E-state index contributed by atoms with van der Waals surface area (Å²) in [5.41, 5.74) is 2.47. The van der Waals surface area contributed by atoms with Crippen molar-refractivity contribution in [1.82, 2.24) is 14.6 Å². The molecule has 0 N–H and O–H groups in total. The van der Waals surface area contributed by atoms with Crippen LogP contribution >= 0.6 is 27.5 Å². The number of hydrogen-bond acceptors (Lipinski definition) is 3. The molecule has 20 heavy (non-hydrogen) atoms. The summed E-state index contributed by atoms with van der Waals surface area (Å²) in [5.74, 6) is 0.790. The lowest BCUT2D eigenvalue weighted by Crippen LogP contribution is -1.99. The van der Waals surface area contributed by atoms with Crippen molar-refractivity contribution in [2.75, 3.05) is 7.11 Å². The van der Waals surface area contributed by atoms with E-state index in [9.17, 15) is 0 Å². The summed E-state index contributed by atoms with van der Waals surface area (Å²) in [7, 11) is 1.65. The number of nitrogens with zero attached hydrogens (tertiary/aromatic N) is 3. The molecular weight excluding hydrogens is 342 g/mol. The molecular formula is C14H11BrClN3O. The summed E-state index contributed by atoms with van der Waals surface area (Å²) in [6.07, 6.45) is 10.3. The molecule has 1 aliphatic carbocycles. The van der Waals surface area contributed by atoms with Crippen LogP contribution in [0.1, 0.15) is 12.1 Å². The molecule has 2 aromatic heterocycles. The van der Waals surface area contributed by atoms with Crippen LogP contribution in [0.25, 0.3) is 11.2 Å². The predicted octanol–water partition coefficient (Wildman–Crippen LogP) is 4.02. The number of aromatic nitrogens is 3. The molecule has 4 nitrogen and oxygen atoms in total. The van der Waals surface area contributed by atoms with Crippen LogP contribution < -0.4 is 0 Å². The van der Waals surface area contributed by atoms with Gasteiger partial charge in [0.05, 0.1) is 23.5 Å². The van der Waals surface area contributed by atoms with Crippen LogP contribution in [0.5, 0.6) is 0 Å². The minimum Gasteiger partial charge on any atom is -0.496 e. The van der Waals surface area contributed by atoms with E-state index in [1.165, 1.54) is 0 Å². The molecule has 0 saturated carbocycles. The van der Waals surface area contributed by atoms with Gasteiger partial charge >= 0.3 is 0 Å². The third-order valence-electron chi connectivity index (χ3n) is 3.03. The maximum absolute atomic E-state index is 6.27. The van der Waals surface area contributed by atoms with Crippen LogP contribution in [0, 0.1) is 0 Å². The SMILES string of the molecule is COC1=C(c2cc(Cl)n3ncc(Br)c3n2)CC=CC=C1. The minimum absolute atomic E-state index is 0.510. The number of hydrogen-bond donors (Lipinski definition) is 0. The Kier molecular flexibility index (Phi) is 3.63. The van der Waals surface area contributed by atoms with Crippen molar-refractivity contribution in [3.05, 3.63) is 57.6 Å². The highest BCUT2D eigenvalue weighted by atomic mass is 79.9. The van der Waals surface area contributed by atoms with Gasteiger partial charge < -0.3 is 4.74 Å². The average molecular weight is 353 g/mol.